The van der Waals surface area contributed by atoms with Crippen LogP contribution in [-0.2, 0) is 0 Å². The molecule has 7 nitrogen and oxygen atoms in total. The van der Waals surface area contributed by atoms with Crippen molar-refractivity contribution < 1.29 is 14.2 Å². The standard InChI is InChI=1S/C17H13N3O4/c1-11-5-7-12(8-6-11)15-10-16(24-19-15)18-17(21)13-3-2-4-14(9-13)20(22)23/h2-10H,1H3,(H,18,21). The summed E-state index contributed by atoms with van der Waals surface area (Å²) in [7, 11) is 0. The lowest BCUT2D eigenvalue weighted by atomic mass is 10.1. The molecule has 0 spiro atoms. The van der Waals surface area contributed by atoms with Crippen LogP contribution in [-0.4, -0.2) is 16.0 Å². The number of benzene rings is 2. The van der Waals surface area contributed by atoms with E-state index in [2.05, 4.69) is 10.5 Å². The van der Waals surface area contributed by atoms with Gasteiger partial charge in [-0.15, -0.1) is 0 Å². The van der Waals surface area contributed by atoms with Gasteiger partial charge in [0, 0.05) is 29.3 Å². The fourth-order valence-electron chi connectivity index (χ4n) is 2.14. The maximum absolute atomic E-state index is 12.2. The summed E-state index contributed by atoms with van der Waals surface area (Å²) in [6, 6.07) is 14.8. The Balaban J connectivity index is 1.77. The number of carbonyl (C=O) groups excluding carboxylic acids is 1. The average Bonchev–Trinajstić information content (AvgIpc) is 3.04. The summed E-state index contributed by atoms with van der Waals surface area (Å²) in [5.74, 6) is -0.340. The fourth-order valence-corrected chi connectivity index (χ4v) is 2.14. The first-order valence-corrected chi connectivity index (χ1v) is 7.12. The maximum atomic E-state index is 12.2. The Morgan fingerprint density at radius 3 is 2.62 bits per heavy atom. The third kappa shape index (κ3) is 3.30. The molecule has 1 N–H and O–H groups in total. The van der Waals surface area contributed by atoms with Crippen molar-refractivity contribution in [3.05, 3.63) is 75.8 Å². The lowest BCUT2D eigenvalue weighted by Gasteiger charge is -2.00. The highest BCUT2D eigenvalue weighted by Crippen LogP contribution is 2.22. The molecule has 0 radical (unpaired) electrons. The SMILES string of the molecule is Cc1ccc(-c2cc(NC(=O)c3cccc([N+](=O)[O-])c3)on2)cc1. The molecule has 1 heterocycles. The summed E-state index contributed by atoms with van der Waals surface area (Å²) in [5, 5.41) is 17.2. The van der Waals surface area contributed by atoms with Crippen LogP contribution < -0.4 is 5.32 Å². The van der Waals surface area contributed by atoms with E-state index in [1.807, 2.05) is 31.2 Å². The third-order valence-electron chi connectivity index (χ3n) is 3.41. The maximum Gasteiger partial charge on any atom is 0.270 e. The van der Waals surface area contributed by atoms with Gasteiger partial charge in [-0.25, -0.2) is 0 Å². The van der Waals surface area contributed by atoms with Gasteiger partial charge in [0.25, 0.3) is 11.6 Å². The molecule has 0 atom stereocenters. The molecule has 0 saturated heterocycles. The second-order valence-electron chi connectivity index (χ2n) is 5.20. The first-order chi connectivity index (χ1) is 11.5. The number of nitro groups is 1. The number of anilines is 1. The number of non-ortho nitro benzene ring substituents is 1. The van der Waals surface area contributed by atoms with Crippen molar-refractivity contribution >= 4 is 17.5 Å². The molecule has 2 aromatic carbocycles. The van der Waals surface area contributed by atoms with E-state index >= 15 is 0 Å². The number of hydrogen-bond acceptors (Lipinski definition) is 5. The van der Waals surface area contributed by atoms with Gasteiger partial charge in [-0.3, -0.25) is 20.2 Å². The van der Waals surface area contributed by atoms with Crippen LogP contribution in [0.1, 0.15) is 15.9 Å². The molecule has 0 aliphatic carbocycles. The van der Waals surface area contributed by atoms with Crippen molar-refractivity contribution in [3.8, 4) is 11.3 Å². The fraction of sp³-hybridized carbons (Fsp3) is 0.0588. The van der Waals surface area contributed by atoms with Gasteiger partial charge in [-0.1, -0.05) is 41.1 Å². The van der Waals surface area contributed by atoms with Crippen LogP contribution >= 0.6 is 0 Å². The largest absolute Gasteiger partial charge is 0.338 e. The predicted octanol–water partition coefficient (Wildman–Crippen LogP) is 3.81. The van der Waals surface area contributed by atoms with Crippen LogP contribution in [0.15, 0.2) is 59.1 Å². The summed E-state index contributed by atoms with van der Waals surface area (Å²) >= 11 is 0. The second kappa shape index (κ2) is 6.33. The number of hydrogen-bond donors (Lipinski definition) is 1. The number of nitrogens with one attached hydrogen (secondary N) is 1. The van der Waals surface area contributed by atoms with Crippen molar-refractivity contribution in [2.24, 2.45) is 0 Å². The molecule has 0 aliphatic rings. The quantitative estimate of drug-likeness (QED) is 0.581. The number of amides is 1. The number of aryl methyl sites for hydroxylation is 1. The lowest BCUT2D eigenvalue weighted by molar-refractivity contribution is -0.384. The predicted molar refractivity (Wildman–Crippen MR) is 87.7 cm³/mol. The number of nitro benzene ring substituents is 1. The van der Waals surface area contributed by atoms with Crippen molar-refractivity contribution in [1.29, 1.82) is 0 Å². The van der Waals surface area contributed by atoms with Crippen LogP contribution in [0.25, 0.3) is 11.3 Å². The van der Waals surface area contributed by atoms with Crippen molar-refractivity contribution in [3.63, 3.8) is 0 Å². The molecule has 3 aromatic rings. The molecule has 0 fully saturated rings. The summed E-state index contributed by atoms with van der Waals surface area (Å²) in [4.78, 5) is 22.4. The van der Waals surface area contributed by atoms with Crippen molar-refractivity contribution in [1.82, 2.24) is 5.16 Å². The summed E-state index contributed by atoms with van der Waals surface area (Å²) < 4.78 is 5.10. The molecule has 120 valence electrons. The molecule has 7 heteroatoms. The van der Waals surface area contributed by atoms with Gasteiger partial charge in [0.05, 0.1) is 4.92 Å². The molecule has 0 unspecified atom stereocenters. The Morgan fingerprint density at radius 1 is 1.17 bits per heavy atom. The molecular formula is C17H13N3O4. The van der Waals surface area contributed by atoms with Crippen LogP contribution in [0.3, 0.4) is 0 Å². The van der Waals surface area contributed by atoms with Crippen LogP contribution in [0.5, 0.6) is 0 Å². The first kappa shape index (κ1) is 15.4. The zero-order chi connectivity index (χ0) is 17.1. The number of nitrogens with zero attached hydrogens (tertiary/aromatic N) is 2. The molecule has 0 saturated carbocycles. The minimum absolute atomic E-state index is 0.152. The average molecular weight is 323 g/mol. The molecule has 3 rings (SSSR count). The Morgan fingerprint density at radius 2 is 1.92 bits per heavy atom. The highest BCUT2D eigenvalue weighted by atomic mass is 16.6. The van der Waals surface area contributed by atoms with Crippen molar-refractivity contribution in [2.75, 3.05) is 5.32 Å². The summed E-state index contributed by atoms with van der Waals surface area (Å²) in [6.45, 7) is 1.98. The minimum Gasteiger partial charge on any atom is -0.338 e. The lowest BCUT2D eigenvalue weighted by Crippen LogP contribution is -2.11. The Labute approximate surface area is 137 Å². The normalized spacial score (nSPS) is 10.4. The Hall–Kier alpha value is -3.48. The minimum atomic E-state index is -0.555. The van der Waals surface area contributed by atoms with E-state index in [4.69, 9.17) is 4.52 Å². The molecule has 0 bridgehead atoms. The second-order valence-corrected chi connectivity index (χ2v) is 5.20. The summed E-state index contributed by atoms with van der Waals surface area (Å²) in [6.07, 6.45) is 0. The molecule has 24 heavy (non-hydrogen) atoms. The van der Waals surface area contributed by atoms with E-state index in [0.29, 0.717) is 5.69 Å². The molecule has 1 aromatic heterocycles. The van der Waals surface area contributed by atoms with Gasteiger partial charge in [-0.05, 0) is 13.0 Å². The van der Waals surface area contributed by atoms with Gasteiger partial charge in [0.1, 0.15) is 5.69 Å². The van der Waals surface area contributed by atoms with E-state index < -0.39 is 10.8 Å². The van der Waals surface area contributed by atoms with E-state index in [1.54, 1.807) is 6.07 Å². The van der Waals surface area contributed by atoms with Crippen LogP contribution in [0.2, 0.25) is 0 Å². The van der Waals surface area contributed by atoms with Gasteiger partial charge in [0.2, 0.25) is 5.88 Å². The van der Waals surface area contributed by atoms with Crippen LogP contribution in [0, 0.1) is 17.0 Å². The Kier molecular flexibility index (Phi) is 4.07. The van der Waals surface area contributed by atoms with Gasteiger partial charge in [-0.2, -0.15) is 0 Å². The van der Waals surface area contributed by atoms with E-state index in [1.165, 1.54) is 24.3 Å². The van der Waals surface area contributed by atoms with Gasteiger partial charge >= 0.3 is 0 Å². The molecule has 0 aliphatic heterocycles. The number of carbonyl (C=O) groups is 1. The zero-order valence-corrected chi connectivity index (χ0v) is 12.7. The first-order valence-electron chi connectivity index (χ1n) is 7.12. The van der Waals surface area contributed by atoms with E-state index in [9.17, 15) is 14.9 Å². The van der Waals surface area contributed by atoms with Crippen LogP contribution in [0.4, 0.5) is 11.6 Å². The monoisotopic (exact) mass is 323 g/mol. The smallest absolute Gasteiger partial charge is 0.270 e. The number of rotatable bonds is 4. The topological polar surface area (TPSA) is 98.3 Å². The molecule has 1 amide bonds. The summed E-state index contributed by atoms with van der Waals surface area (Å²) in [5.41, 5.74) is 2.59. The van der Waals surface area contributed by atoms with Crippen molar-refractivity contribution in [2.45, 2.75) is 6.92 Å². The third-order valence-corrected chi connectivity index (χ3v) is 3.41. The zero-order valence-electron chi connectivity index (χ0n) is 12.7. The Bertz CT molecular complexity index is 900. The van der Waals surface area contributed by atoms with Gasteiger partial charge in [0.15, 0.2) is 0 Å². The van der Waals surface area contributed by atoms with Gasteiger partial charge < -0.3 is 4.52 Å². The molecular weight excluding hydrogens is 310 g/mol. The van der Waals surface area contributed by atoms with E-state index in [-0.39, 0.29) is 17.1 Å². The number of aromatic nitrogens is 1. The van der Waals surface area contributed by atoms with E-state index in [0.717, 1.165) is 11.1 Å². The highest BCUT2D eigenvalue weighted by molar-refractivity contribution is 6.04. The highest BCUT2D eigenvalue weighted by Gasteiger charge is 2.14.